The van der Waals surface area contributed by atoms with Gasteiger partial charge in [0.15, 0.2) is 5.69 Å². The van der Waals surface area contributed by atoms with Crippen molar-refractivity contribution >= 4 is 33.1 Å². The molecule has 0 saturated heterocycles. The first-order chi connectivity index (χ1) is 14.6. The molecule has 2 aromatic heterocycles. The summed E-state index contributed by atoms with van der Waals surface area (Å²) in [6, 6.07) is 12.0. The molecule has 0 atom stereocenters. The maximum Gasteiger partial charge on any atom is 0.276 e. The minimum Gasteiger partial charge on any atom is -0.482 e. The number of carbonyl (C=O) groups excluding carboxylic acids is 1. The van der Waals surface area contributed by atoms with Crippen LogP contribution in [0.4, 0.5) is 5.69 Å². The molecule has 2 aromatic carbocycles. The highest BCUT2D eigenvalue weighted by Crippen LogP contribution is 2.55. The molecule has 1 aliphatic carbocycles. The SMILES string of the molecule is Cc1ccc2c(c1)OC1(CCC1)c1c(C(=O)Nc3cccc4scnc34)nn(C)c1-2. The van der Waals surface area contributed by atoms with Crippen molar-refractivity contribution in [2.75, 3.05) is 5.32 Å². The zero-order chi connectivity index (χ0) is 20.5. The molecule has 0 bridgehead atoms. The van der Waals surface area contributed by atoms with Crippen LogP contribution in [0.3, 0.4) is 0 Å². The van der Waals surface area contributed by atoms with Gasteiger partial charge in [-0.25, -0.2) is 4.98 Å². The number of para-hydroxylation sites is 1. The summed E-state index contributed by atoms with van der Waals surface area (Å²) >= 11 is 1.56. The van der Waals surface area contributed by atoms with Gasteiger partial charge < -0.3 is 10.1 Å². The van der Waals surface area contributed by atoms with Gasteiger partial charge in [-0.3, -0.25) is 9.48 Å². The number of carbonyl (C=O) groups is 1. The number of aryl methyl sites for hydroxylation is 2. The number of hydrogen-bond acceptors (Lipinski definition) is 5. The fourth-order valence-corrected chi connectivity index (χ4v) is 5.32. The summed E-state index contributed by atoms with van der Waals surface area (Å²) in [5, 5.41) is 7.71. The van der Waals surface area contributed by atoms with Crippen LogP contribution in [0.5, 0.6) is 5.75 Å². The van der Waals surface area contributed by atoms with Crippen molar-refractivity contribution in [3.8, 4) is 17.0 Å². The Bertz CT molecular complexity index is 1330. The first kappa shape index (κ1) is 17.7. The van der Waals surface area contributed by atoms with Crippen molar-refractivity contribution in [1.29, 1.82) is 0 Å². The lowest BCUT2D eigenvalue weighted by molar-refractivity contribution is -0.0151. The molecule has 4 aromatic rings. The number of amides is 1. The van der Waals surface area contributed by atoms with E-state index in [4.69, 9.17) is 4.74 Å². The molecule has 2 aliphatic rings. The number of fused-ring (bicyclic) bond motifs is 5. The van der Waals surface area contributed by atoms with E-state index >= 15 is 0 Å². The van der Waals surface area contributed by atoms with Gasteiger partial charge in [-0.1, -0.05) is 12.1 Å². The highest BCUT2D eigenvalue weighted by atomic mass is 32.1. The summed E-state index contributed by atoms with van der Waals surface area (Å²) in [6.07, 6.45) is 2.86. The predicted molar refractivity (Wildman–Crippen MR) is 117 cm³/mol. The number of aromatic nitrogens is 3. The number of thiazole rings is 1. The number of hydrogen-bond donors (Lipinski definition) is 1. The third-order valence-corrected chi connectivity index (χ3v) is 6.98. The first-order valence-corrected chi connectivity index (χ1v) is 10.9. The summed E-state index contributed by atoms with van der Waals surface area (Å²) in [4.78, 5) is 17.8. The quantitative estimate of drug-likeness (QED) is 0.498. The monoisotopic (exact) mass is 416 g/mol. The summed E-state index contributed by atoms with van der Waals surface area (Å²) in [5.41, 5.74) is 7.30. The predicted octanol–water partition coefficient (Wildman–Crippen LogP) is 5.03. The highest BCUT2D eigenvalue weighted by molar-refractivity contribution is 7.16. The molecule has 1 N–H and O–H groups in total. The van der Waals surface area contributed by atoms with Crippen molar-refractivity contribution < 1.29 is 9.53 Å². The molecule has 0 unspecified atom stereocenters. The van der Waals surface area contributed by atoms with E-state index in [-0.39, 0.29) is 5.91 Å². The van der Waals surface area contributed by atoms with Crippen LogP contribution in [0, 0.1) is 6.92 Å². The van der Waals surface area contributed by atoms with Gasteiger partial charge in [0.05, 0.1) is 27.2 Å². The van der Waals surface area contributed by atoms with E-state index in [1.807, 2.05) is 29.9 Å². The van der Waals surface area contributed by atoms with Gasteiger partial charge in [0, 0.05) is 12.6 Å². The van der Waals surface area contributed by atoms with E-state index < -0.39 is 5.60 Å². The lowest BCUT2D eigenvalue weighted by Gasteiger charge is -2.45. The number of nitrogens with one attached hydrogen (secondary N) is 1. The van der Waals surface area contributed by atoms with Gasteiger partial charge in [-0.05, 0) is 56.0 Å². The number of nitrogens with zero attached hydrogens (tertiary/aromatic N) is 3. The number of benzene rings is 2. The van der Waals surface area contributed by atoms with Crippen molar-refractivity contribution in [3.05, 3.63) is 58.7 Å². The zero-order valence-electron chi connectivity index (χ0n) is 16.7. The molecular weight excluding hydrogens is 396 g/mol. The molecule has 7 heteroatoms. The Morgan fingerprint density at radius 3 is 2.93 bits per heavy atom. The van der Waals surface area contributed by atoms with Crippen LogP contribution in [-0.2, 0) is 12.6 Å². The van der Waals surface area contributed by atoms with E-state index in [0.717, 1.165) is 57.6 Å². The summed E-state index contributed by atoms with van der Waals surface area (Å²) in [7, 11) is 1.90. The van der Waals surface area contributed by atoms with E-state index in [1.165, 1.54) is 0 Å². The lowest BCUT2D eigenvalue weighted by Crippen LogP contribution is -2.43. The molecule has 1 amide bonds. The van der Waals surface area contributed by atoms with Crippen molar-refractivity contribution in [2.45, 2.75) is 31.8 Å². The smallest absolute Gasteiger partial charge is 0.276 e. The Labute approximate surface area is 177 Å². The van der Waals surface area contributed by atoms with Gasteiger partial charge in [0.2, 0.25) is 0 Å². The van der Waals surface area contributed by atoms with Gasteiger partial charge in [0.1, 0.15) is 16.9 Å². The topological polar surface area (TPSA) is 69.0 Å². The second kappa shape index (κ2) is 6.15. The molecule has 1 aliphatic heterocycles. The summed E-state index contributed by atoms with van der Waals surface area (Å²) < 4.78 is 9.40. The van der Waals surface area contributed by atoms with E-state index in [2.05, 4.69) is 40.5 Å². The first-order valence-electron chi connectivity index (χ1n) is 10.1. The summed E-state index contributed by atoms with van der Waals surface area (Å²) in [6.45, 7) is 2.06. The van der Waals surface area contributed by atoms with Crippen LogP contribution < -0.4 is 10.1 Å². The Morgan fingerprint density at radius 2 is 2.13 bits per heavy atom. The van der Waals surface area contributed by atoms with Crippen LogP contribution in [0.1, 0.15) is 40.9 Å². The Kier molecular flexibility index (Phi) is 3.62. The molecule has 0 radical (unpaired) electrons. The fraction of sp³-hybridized carbons (Fsp3) is 0.261. The average Bonchev–Trinajstić information content (AvgIpc) is 3.31. The van der Waals surface area contributed by atoms with E-state index in [9.17, 15) is 4.79 Å². The van der Waals surface area contributed by atoms with E-state index in [0.29, 0.717) is 11.4 Å². The Balaban J connectivity index is 1.49. The van der Waals surface area contributed by atoms with Crippen LogP contribution >= 0.6 is 11.3 Å². The maximum atomic E-state index is 13.4. The Hall–Kier alpha value is -3.19. The van der Waals surface area contributed by atoms with Crippen molar-refractivity contribution in [1.82, 2.24) is 14.8 Å². The fourth-order valence-electron chi connectivity index (χ4n) is 4.61. The molecular formula is C23H20N4O2S. The normalized spacial score (nSPS) is 15.9. The zero-order valence-corrected chi connectivity index (χ0v) is 17.5. The highest BCUT2D eigenvalue weighted by Gasteiger charge is 2.50. The van der Waals surface area contributed by atoms with Crippen LogP contribution in [-0.4, -0.2) is 20.7 Å². The minimum absolute atomic E-state index is 0.224. The second-order valence-electron chi connectivity index (χ2n) is 8.10. The molecule has 6 nitrogen and oxygen atoms in total. The molecule has 150 valence electrons. The van der Waals surface area contributed by atoms with Crippen LogP contribution in [0.2, 0.25) is 0 Å². The Morgan fingerprint density at radius 1 is 1.27 bits per heavy atom. The number of rotatable bonds is 2. The third kappa shape index (κ3) is 2.38. The molecule has 6 rings (SSSR count). The second-order valence-corrected chi connectivity index (χ2v) is 8.99. The van der Waals surface area contributed by atoms with Gasteiger partial charge in [-0.15, -0.1) is 11.3 Å². The molecule has 30 heavy (non-hydrogen) atoms. The molecule has 1 spiro atoms. The largest absolute Gasteiger partial charge is 0.482 e. The average molecular weight is 417 g/mol. The van der Waals surface area contributed by atoms with Crippen LogP contribution in [0.25, 0.3) is 21.5 Å². The van der Waals surface area contributed by atoms with E-state index in [1.54, 1.807) is 16.8 Å². The lowest BCUT2D eigenvalue weighted by atomic mass is 9.71. The summed E-state index contributed by atoms with van der Waals surface area (Å²) in [5.74, 6) is 0.655. The van der Waals surface area contributed by atoms with Gasteiger partial charge in [0.25, 0.3) is 5.91 Å². The van der Waals surface area contributed by atoms with Crippen LogP contribution in [0.15, 0.2) is 41.9 Å². The van der Waals surface area contributed by atoms with Gasteiger partial charge >= 0.3 is 0 Å². The van der Waals surface area contributed by atoms with Crippen molar-refractivity contribution in [3.63, 3.8) is 0 Å². The molecule has 1 fully saturated rings. The third-order valence-electron chi connectivity index (χ3n) is 6.19. The number of ether oxygens (including phenoxy) is 1. The van der Waals surface area contributed by atoms with Gasteiger partial charge in [-0.2, -0.15) is 5.10 Å². The minimum atomic E-state index is -0.469. The molecule has 3 heterocycles. The standard InChI is InChI=1S/C23H20N4O2S/c1-13-7-8-14-16(11-13)29-23(9-4-10-23)18-20(26-27(2)21(14)18)22(28)25-15-5-3-6-17-19(15)24-12-30-17/h3,5-8,11-12H,4,9-10H2,1-2H3,(H,25,28). The maximum absolute atomic E-state index is 13.4. The molecule has 1 saturated carbocycles. The van der Waals surface area contributed by atoms with Crippen molar-refractivity contribution in [2.24, 2.45) is 7.05 Å². The number of anilines is 1.